The molecule has 0 aromatic heterocycles. The number of hydrogen-bond acceptors (Lipinski definition) is 4. The first-order valence-electron chi connectivity index (χ1n) is 21.2. The molecule has 6 nitrogen and oxygen atoms in total. The number of hydrogen-bond donors (Lipinski definition) is 2. The number of unbranched alkanes of at least 4 members (excludes halogenated alkanes) is 28. The smallest absolute Gasteiger partial charge is 0.322 e. The number of aliphatic carboxylic acids is 1. The molecule has 0 fully saturated rings. The Hall–Kier alpha value is -1.59. The minimum atomic E-state index is -1.01. The number of ether oxygens (including phenoxy) is 1. The SMILES string of the molecule is CCCCCCCCCCCCCCCCC(CCCCCCCC(=O)NCC(=O)O)OC(=O)CCCCCCCCCCCCCC. The third-order valence-corrected chi connectivity index (χ3v) is 9.78. The van der Waals surface area contributed by atoms with Crippen LogP contribution in [0.15, 0.2) is 0 Å². The van der Waals surface area contributed by atoms with E-state index in [1.54, 1.807) is 0 Å². The van der Waals surface area contributed by atoms with E-state index in [2.05, 4.69) is 19.2 Å². The molecule has 1 atom stereocenters. The maximum atomic E-state index is 12.7. The van der Waals surface area contributed by atoms with Crippen molar-refractivity contribution in [2.45, 2.75) is 245 Å². The number of carbonyl (C=O) groups is 3. The summed E-state index contributed by atoms with van der Waals surface area (Å²) < 4.78 is 6.03. The predicted octanol–water partition coefficient (Wildman–Crippen LogP) is 12.8. The van der Waals surface area contributed by atoms with Gasteiger partial charge in [0.05, 0.1) is 0 Å². The zero-order chi connectivity index (χ0) is 35.2. The molecule has 0 aliphatic carbocycles. The Morgan fingerprint density at radius 3 is 1.12 bits per heavy atom. The van der Waals surface area contributed by atoms with Gasteiger partial charge in [0.25, 0.3) is 0 Å². The summed E-state index contributed by atoms with van der Waals surface area (Å²) in [7, 11) is 0. The number of carboxylic acid groups (broad SMARTS) is 1. The predicted molar refractivity (Wildman–Crippen MR) is 203 cm³/mol. The van der Waals surface area contributed by atoms with Crippen LogP contribution in [0.4, 0.5) is 0 Å². The Morgan fingerprint density at radius 1 is 0.458 bits per heavy atom. The van der Waals surface area contributed by atoms with Crippen LogP contribution < -0.4 is 5.32 Å². The molecule has 0 rings (SSSR count). The Morgan fingerprint density at radius 2 is 0.771 bits per heavy atom. The van der Waals surface area contributed by atoms with E-state index in [4.69, 9.17) is 9.84 Å². The van der Waals surface area contributed by atoms with Gasteiger partial charge in [-0.1, -0.05) is 187 Å². The standard InChI is InChI=1S/C42H81NO5/c1-3-5-7-9-11-13-15-17-18-19-21-23-26-30-34-39(35-31-27-25-28-32-36-40(44)43-38-41(45)46)48-42(47)37-33-29-24-22-20-16-14-12-10-8-6-4-2/h39H,3-38H2,1-2H3,(H,43,44)(H,45,46). The van der Waals surface area contributed by atoms with Crippen LogP contribution in [0, 0.1) is 0 Å². The lowest BCUT2D eigenvalue weighted by Gasteiger charge is -2.18. The fourth-order valence-corrected chi connectivity index (χ4v) is 6.63. The molecule has 2 N–H and O–H groups in total. The highest BCUT2D eigenvalue weighted by Gasteiger charge is 2.14. The summed E-state index contributed by atoms with van der Waals surface area (Å²) in [5.74, 6) is -1.21. The molecular weight excluding hydrogens is 598 g/mol. The van der Waals surface area contributed by atoms with Gasteiger partial charge in [-0.15, -0.1) is 0 Å². The third kappa shape index (κ3) is 37.2. The Labute approximate surface area is 298 Å². The monoisotopic (exact) mass is 680 g/mol. The first kappa shape index (κ1) is 46.4. The van der Waals surface area contributed by atoms with Gasteiger partial charge in [-0.2, -0.15) is 0 Å². The van der Waals surface area contributed by atoms with E-state index >= 15 is 0 Å². The van der Waals surface area contributed by atoms with Crippen LogP contribution >= 0.6 is 0 Å². The van der Waals surface area contributed by atoms with Crippen LogP contribution in [0.3, 0.4) is 0 Å². The van der Waals surface area contributed by atoms with E-state index in [1.165, 1.54) is 148 Å². The quantitative estimate of drug-likeness (QED) is 0.0498. The van der Waals surface area contributed by atoms with E-state index in [0.29, 0.717) is 12.8 Å². The van der Waals surface area contributed by atoms with Crippen molar-refractivity contribution in [2.75, 3.05) is 6.54 Å². The molecule has 0 heterocycles. The molecule has 0 bridgehead atoms. The Balaban J connectivity index is 4.13. The van der Waals surface area contributed by atoms with Gasteiger partial charge in [-0.05, 0) is 38.5 Å². The van der Waals surface area contributed by atoms with Crippen molar-refractivity contribution in [1.82, 2.24) is 5.32 Å². The van der Waals surface area contributed by atoms with E-state index in [1.807, 2.05) is 0 Å². The van der Waals surface area contributed by atoms with Crippen LogP contribution in [0.1, 0.15) is 239 Å². The van der Waals surface area contributed by atoms with Gasteiger partial charge < -0.3 is 15.2 Å². The highest BCUT2D eigenvalue weighted by molar-refractivity contribution is 5.80. The molecule has 1 amide bonds. The zero-order valence-electron chi connectivity index (χ0n) is 32.1. The van der Waals surface area contributed by atoms with E-state index in [-0.39, 0.29) is 24.5 Å². The van der Waals surface area contributed by atoms with Crippen molar-refractivity contribution in [3.05, 3.63) is 0 Å². The molecule has 0 saturated carbocycles. The van der Waals surface area contributed by atoms with Gasteiger partial charge in [-0.3, -0.25) is 14.4 Å². The summed E-state index contributed by atoms with van der Waals surface area (Å²) in [5.41, 5.74) is 0. The second kappa shape index (κ2) is 38.2. The molecule has 0 saturated heterocycles. The zero-order valence-corrected chi connectivity index (χ0v) is 32.1. The summed E-state index contributed by atoms with van der Waals surface area (Å²) in [4.78, 5) is 35.0. The topological polar surface area (TPSA) is 92.7 Å². The minimum Gasteiger partial charge on any atom is -0.480 e. The van der Waals surface area contributed by atoms with Gasteiger partial charge >= 0.3 is 11.9 Å². The number of rotatable bonds is 39. The number of esters is 1. The Bertz CT molecular complexity index is 712. The van der Waals surface area contributed by atoms with Gasteiger partial charge in [0.1, 0.15) is 12.6 Å². The minimum absolute atomic E-state index is 0.00943. The van der Waals surface area contributed by atoms with E-state index < -0.39 is 5.97 Å². The van der Waals surface area contributed by atoms with Gasteiger partial charge in [0.15, 0.2) is 0 Å². The summed E-state index contributed by atoms with van der Waals surface area (Å²) >= 11 is 0. The third-order valence-electron chi connectivity index (χ3n) is 9.78. The number of carbonyl (C=O) groups excluding carboxylic acids is 2. The van der Waals surface area contributed by atoms with Crippen LogP contribution in [-0.2, 0) is 19.1 Å². The number of amides is 1. The first-order chi connectivity index (χ1) is 23.5. The highest BCUT2D eigenvalue weighted by Crippen LogP contribution is 2.19. The molecule has 1 unspecified atom stereocenters. The maximum Gasteiger partial charge on any atom is 0.322 e. The van der Waals surface area contributed by atoms with Crippen molar-refractivity contribution < 1.29 is 24.2 Å². The van der Waals surface area contributed by atoms with Crippen molar-refractivity contribution in [3.8, 4) is 0 Å². The Kier molecular flexibility index (Phi) is 36.9. The fourth-order valence-electron chi connectivity index (χ4n) is 6.63. The second-order valence-electron chi connectivity index (χ2n) is 14.6. The van der Waals surface area contributed by atoms with Crippen molar-refractivity contribution in [2.24, 2.45) is 0 Å². The number of carboxylic acids is 1. The summed E-state index contributed by atoms with van der Waals surface area (Å²) in [6.07, 6.45) is 42.2. The summed E-state index contributed by atoms with van der Waals surface area (Å²) in [5, 5.41) is 11.1. The van der Waals surface area contributed by atoms with Crippen LogP contribution in [0.5, 0.6) is 0 Å². The summed E-state index contributed by atoms with van der Waals surface area (Å²) in [6, 6.07) is 0. The fraction of sp³-hybridized carbons (Fsp3) is 0.929. The molecule has 0 radical (unpaired) electrons. The summed E-state index contributed by atoms with van der Waals surface area (Å²) in [6.45, 7) is 4.24. The van der Waals surface area contributed by atoms with Crippen molar-refractivity contribution >= 4 is 17.8 Å². The highest BCUT2D eigenvalue weighted by atomic mass is 16.5. The molecule has 284 valence electrons. The molecule has 0 spiro atoms. The van der Waals surface area contributed by atoms with Crippen LogP contribution in [0.2, 0.25) is 0 Å². The largest absolute Gasteiger partial charge is 0.480 e. The van der Waals surface area contributed by atoms with E-state index in [9.17, 15) is 14.4 Å². The van der Waals surface area contributed by atoms with Crippen molar-refractivity contribution in [1.29, 1.82) is 0 Å². The van der Waals surface area contributed by atoms with Crippen LogP contribution in [0.25, 0.3) is 0 Å². The normalized spacial score (nSPS) is 11.9. The maximum absolute atomic E-state index is 12.7. The van der Waals surface area contributed by atoms with Crippen LogP contribution in [-0.4, -0.2) is 35.6 Å². The second-order valence-corrected chi connectivity index (χ2v) is 14.6. The average Bonchev–Trinajstić information content (AvgIpc) is 3.07. The molecule has 48 heavy (non-hydrogen) atoms. The molecular formula is C42H81NO5. The van der Waals surface area contributed by atoms with Crippen molar-refractivity contribution in [3.63, 3.8) is 0 Å². The lowest BCUT2D eigenvalue weighted by atomic mass is 10.0. The molecule has 6 heteroatoms. The molecule has 0 aromatic rings. The first-order valence-corrected chi connectivity index (χ1v) is 21.2. The van der Waals surface area contributed by atoms with Gasteiger partial charge in [-0.25, -0.2) is 0 Å². The van der Waals surface area contributed by atoms with Gasteiger partial charge in [0, 0.05) is 12.8 Å². The lowest BCUT2D eigenvalue weighted by Crippen LogP contribution is -2.28. The number of nitrogens with one attached hydrogen (secondary N) is 1. The van der Waals surface area contributed by atoms with Gasteiger partial charge in [0.2, 0.25) is 5.91 Å². The van der Waals surface area contributed by atoms with E-state index in [0.717, 1.165) is 64.2 Å². The lowest BCUT2D eigenvalue weighted by molar-refractivity contribution is -0.150. The molecule has 0 aromatic carbocycles. The molecule has 0 aliphatic heterocycles. The molecule has 0 aliphatic rings. The average molecular weight is 680 g/mol.